The van der Waals surface area contributed by atoms with Crippen molar-refractivity contribution in [1.29, 1.82) is 0 Å². The maximum absolute atomic E-state index is 5.08. The first-order valence-electron chi connectivity index (χ1n) is 4.93. The smallest absolute Gasteiger partial charge is 0.142 e. The quantitative estimate of drug-likeness (QED) is 0.516. The molecule has 0 heterocycles. The Labute approximate surface area is 85.6 Å². The molecule has 0 unspecified atom stereocenters. The molecule has 2 nitrogen and oxygen atoms in total. The maximum atomic E-state index is 5.08. The van der Waals surface area contributed by atoms with Crippen LogP contribution in [0.25, 0.3) is 0 Å². The Hall–Kier alpha value is -1.31. The minimum absolute atomic E-state index is 0.525. The Bertz CT molecular complexity index is 277. The van der Waals surface area contributed by atoms with Crippen LogP contribution in [0.4, 0.5) is 0 Å². The monoisotopic (exact) mass is 190 g/mol. The molecule has 2 heteroatoms. The molecule has 0 fully saturated rings. The predicted octanol–water partition coefficient (Wildman–Crippen LogP) is 3.17. The van der Waals surface area contributed by atoms with Crippen molar-refractivity contribution in [1.82, 2.24) is 0 Å². The van der Waals surface area contributed by atoms with Gasteiger partial charge in [0.1, 0.15) is 12.8 Å². The topological polar surface area (TPSA) is 21.6 Å². The Kier molecular flexibility index (Phi) is 4.76. The lowest BCUT2D eigenvalue weighted by atomic mass is 10.2. The first-order valence-corrected chi connectivity index (χ1v) is 4.93. The molecule has 0 saturated carbocycles. The van der Waals surface area contributed by atoms with Gasteiger partial charge in [-0.05, 0) is 18.9 Å². The number of rotatable bonds is 5. The van der Waals surface area contributed by atoms with Gasteiger partial charge < -0.3 is 4.84 Å². The summed E-state index contributed by atoms with van der Waals surface area (Å²) in [5, 5.41) is 3.73. The minimum atomic E-state index is 0.525. The molecule has 0 spiro atoms. The summed E-state index contributed by atoms with van der Waals surface area (Å²) >= 11 is 0. The Morgan fingerprint density at radius 3 is 2.64 bits per heavy atom. The van der Waals surface area contributed by atoms with Gasteiger partial charge in [-0.25, -0.2) is 0 Å². The van der Waals surface area contributed by atoms with Crippen molar-refractivity contribution in [3.63, 3.8) is 0 Å². The average Bonchev–Trinajstić information content (AvgIpc) is 2.21. The predicted molar refractivity (Wildman–Crippen MR) is 58.3 cm³/mol. The van der Waals surface area contributed by atoms with Crippen molar-refractivity contribution < 1.29 is 4.84 Å². The molecule has 0 atom stereocenters. The Morgan fingerprint density at radius 2 is 2.00 bits per heavy atom. The van der Waals surface area contributed by atoms with E-state index in [4.69, 9.17) is 4.84 Å². The van der Waals surface area contributed by atoms with E-state index in [0.29, 0.717) is 6.61 Å². The van der Waals surface area contributed by atoms with E-state index < -0.39 is 0 Å². The van der Waals surface area contributed by atoms with E-state index in [9.17, 15) is 0 Å². The molecule has 1 radical (unpaired) electrons. The lowest BCUT2D eigenvalue weighted by molar-refractivity contribution is 0.131. The summed E-state index contributed by atoms with van der Waals surface area (Å²) in [6.45, 7) is 4.68. The molecule has 0 aromatic heterocycles. The summed E-state index contributed by atoms with van der Waals surface area (Å²) in [4.78, 5) is 5.08. The molecule has 1 aromatic rings. The third kappa shape index (κ3) is 4.08. The highest BCUT2D eigenvalue weighted by atomic mass is 16.6. The molecule has 0 aliphatic heterocycles. The first-order chi connectivity index (χ1) is 6.83. The van der Waals surface area contributed by atoms with Crippen molar-refractivity contribution >= 4 is 6.21 Å². The molecular weight excluding hydrogens is 174 g/mol. The SMILES string of the molecule is CCC/[C]=N/OCc1ccc(C)cc1. The molecule has 0 N–H and O–H groups in total. The Balaban J connectivity index is 2.28. The molecule has 0 saturated heterocycles. The number of aryl methyl sites for hydroxylation is 1. The van der Waals surface area contributed by atoms with Crippen LogP contribution in [-0.2, 0) is 11.4 Å². The number of hydrogen-bond acceptors (Lipinski definition) is 2. The van der Waals surface area contributed by atoms with E-state index in [-0.39, 0.29) is 0 Å². The molecule has 14 heavy (non-hydrogen) atoms. The van der Waals surface area contributed by atoms with Crippen LogP contribution in [0.3, 0.4) is 0 Å². The molecule has 0 aliphatic rings. The molecule has 1 rings (SSSR count). The number of unbranched alkanes of at least 4 members (excludes halogenated alkanes) is 1. The van der Waals surface area contributed by atoms with E-state index in [2.05, 4.69) is 37.4 Å². The first kappa shape index (κ1) is 10.8. The van der Waals surface area contributed by atoms with Gasteiger partial charge in [0.15, 0.2) is 0 Å². The van der Waals surface area contributed by atoms with E-state index in [1.807, 2.05) is 12.1 Å². The molecule has 1 aromatic carbocycles. The third-order valence-corrected chi connectivity index (χ3v) is 1.84. The van der Waals surface area contributed by atoms with Gasteiger partial charge in [0.05, 0.1) is 0 Å². The fourth-order valence-electron chi connectivity index (χ4n) is 0.994. The van der Waals surface area contributed by atoms with Crippen LogP contribution < -0.4 is 0 Å². The van der Waals surface area contributed by atoms with Crippen LogP contribution in [0.1, 0.15) is 30.9 Å². The summed E-state index contributed by atoms with van der Waals surface area (Å²) < 4.78 is 0. The van der Waals surface area contributed by atoms with Crippen molar-refractivity contribution in [2.75, 3.05) is 0 Å². The van der Waals surface area contributed by atoms with Crippen LogP contribution in [0.5, 0.6) is 0 Å². The molecule has 0 bridgehead atoms. The maximum Gasteiger partial charge on any atom is 0.142 e. The highest BCUT2D eigenvalue weighted by molar-refractivity contribution is 5.55. The molecule has 75 valence electrons. The van der Waals surface area contributed by atoms with Crippen LogP contribution in [0.15, 0.2) is 29.4 Å². The van der Waals surface area contributed by atoms with Crippen molar-refractivity contribution in [3.05, 3.63) is 35.4 Å². The van der Waals surface area contributed by atoms with E-state index >= 15 is 0 Å². The van der Waals surface area contributed by atoms with Crippen molar-refractivity contribution in [2.24, 2.45) is 5.16 Å². The van der Waals surface area contributed by atoms with E-state index in [1.165, 1.54) is 5.56 Å². The zero-order chi connectivity index (χ0) is 10.2. The lowest BCUT2D eigenvalue weighted by Crippen LogP contribution is -1.87. The third-order valence-electron chi connectivity index (χ3n) is 1.84. The summed E-state index contributed by atoms with van der Waals surface area (Å²) in [6, 6.07) is 8.23. The Morgan fingerprint density at radius 1 is 1.29 bits per heavy atom. The summed E-state index contributed by atoms with van der Waals surface area (Å²) in [5.41, 5.74) is 2.40. The van der Waals surface area contributed by atoms with Gasteiger partial charge in [0.2, 0.25) is 0 Å². The lowest BCUT2D eigenvalue weighted by Gasteiger charge is -1.99. The molecule has 0 amide bonds. The van der Waals surface area contributed by atoms with Gasteiger partial charge in [-0.2, -0.15) is 0 Å². The zero-order valence-electron chi connectivity index (χ0n) is 8.79. The van der Waals surface area contributed by atoms with Gasteiger partial charge in [-0.15, -0.1) is 0 Å². The highest BCUT2D eigenvalue weighted by Crippen LogP contribution is 2.04. The van der Waals surface area contributed by atoms with Crippen LogP contribution >= 0.6 is 0 Å². The largest absolute Gasteiger partial charge is 0.391 e. The van der Waals surface area contributed by atoms with Crippen LogP contribution in [-0.4, -0.2) is 6.21 Å². The van der Waals surface area contributed by atoms with Crippen molar-refractivity contribution in [2.45, 2.75) is 33.3 Å². The second-order valence-electron chi connectivity index (χ2n) is 3.26. The summed E-state index contributed by atoms with van der Waals surface area (Å²) in [5.74, 6) is 0. The second-order valence-corrected chi connectivity index (χ2v) is 3.26. The number of nitrogens with zero attached hydrogens (tertiary/aromatic N) is 1. The normalized spacial score (nSPS) is 10.7. The van der Waals surface area contributed by atoms with E-state index in [0.717, 1.165) is 18.4 Å². The number of hydrogen-bond donors (Lipinski definition) is 0. The zero-order valence-corrected chi connectivity index (χ0v) is 8.79. The highest BCUT2D eigenvalue weighted by Gasteiger charge is 1.91. The fourth-order valence-corrected chi connectivity index (χ4v) is 0.994. The fraction of sp³-hybridized carbons (Fsp3) is 0.417. The standard InChI is InChI=1S/C12H16NO/c1-3-4-9-13-14-10-12-7-5-11(2)6-8-12/h5-8H,3-4,10H2,1-2H3. The van der Waals surface area contributed by atoms with Gasteiger partial charge in [-0.1, -0.05) is 48.3 Å². The second kappa shape index (κ2) is 6.19. The number of benzene rings is 1. The van der Waals surface area contributed by atoms with Crippen LogP contribution in [0, 0.1) is 6.92 Å². The molecule has 0 aliphatic carbocycles. The van der Waals surface area contributed by atoms with Gasteiger partial charge in [0.25, 0.3) is 0 Å². The van der Waals surface area contributed by atoms with Crippen molar-refractivity contribution in [3.8, 4) is 0 Å². The van der Waals surface area contributed by atoms with Gasteiger partial charge in [0, 0.05) is 0 Å². The van der Waals surface area contributed by atoms with Crippen LogP contribution in [0.2, 0.25) is 0 Å². The minimum Gasteiger partial charge on any atom is -0.391 e. The molecular formula is C12H16NO. The van der Waals surface area contributed by atoms with Gasteiger partial charge in [-0.3, -0.25) is 0 Å². The average molecular weight is 190 g/mol. The van der Waals surface area contributed by atoms with Gasteiger partial charge >= 0.3 is 0 Å². The van der Waals surface area contributed by atoms with E-state index in [1.54, 1.807) is 0 Å². The summed E-state index contributed by atoms with van der Waals surface area (Å²) in [6.07, 6.45) is 4.73. The summed E-state index contributed by atoms with van der Waals surface area (Å²) in [7, 11) is 0.